The second-order valence-corrected chi connectivity index (χ2v) is 22.9. The summed E-state index contributed by atoms with van der Waals surface area (Å²) in [5.41, 5.74) is 0. The Morgan fingerprint density at radius 3 is 1.75 bits per heavy atom. The lowest BCUT2D eigenvalue weighted by Gasteiger charge is -2.49. The minimum atomic E-state index is -1.80. The Morgan fingerprint density at radius 1 is 0.532 bits per heavy atom. The number of ether oxygens (including phenoxy) is 11. The van der Waals surface area contributed by atoms with Crippen LogP contribution in [0.5, 0.6) is 0 Å². The Hall–Kier alpha value is -2.46. The van der Waals surface area contributed by atoms with Gasteiger partial charge < -0.3 is 118 Å². The molecule has 14 N–H and O–H groups in total. The molecule has 4 aliphatic heterocycles. The maximum Gasteiger partial charge on any atom is 0.330 e. The minimum absolute atomic E-state index is 0.111. The second kappa shape index (κ2) is 28.0. The van der Waals surface area contributed by atoms with Crippen molar-refractivity contribution in [3.63, 3.8) is 0 Å². The van der Waals surface area contributed by atoms with Crippen molar-refractivity contribution >= 4 is 11.9 Å². The third-order valence-corrected chi connectivity index (χ3v) is 17.6. The third kappa shape index (κ3) is 15.1. The average Bonchev–Trinajstić information content (AvgIpc) is 3.51. The van der Waals surface area contributed by atoms with Crippen LogP contribution in [0.3, 0.4) is 0 Å². The van der Waals surface area contributed by atoms with Crippen molar-refractivity contribution in [1.82, 2.24) is 0 Å². The topological polar surface area (TPSA) is 402 Å². The van der Waals surface area contributed by atoms with Gasteiger partial charge in [0.05, 0.1) is 61.4 Å². The van der Waals surface area contributed by atoms with E-state index in [2.05, 4.69) is 0 Å². The second-order valence-electron chi connectivity index (χ2n) is 22.9. The Balaban J connectivity index is 0.787. The van der Waals surface area contributed by atoms with Gasteiger partial charge in [0.25, 0.3) is 0 Å². The van der Waals surface area contributed by atoms with E-state index >= 15 is 0 Å². The summed E-state index contributed by atoms with van der Waals surface area (Å²) in [4.78, 5) is 25.5. The molecule has 0 bridgehead atoms. The lowest BCUT2D eigenvalue weighted by molar-refractivity contribution is -0.363. The van der Waals surface area contributed by atoms with E-state index in [4.69, 9.17) is 52.1 Å². The maximum absolute atomic E-state index is 13.1. The van der Waals surface area contributed by atoms with Crippen molar-refractivity contribution in [2.24, 2.45) is 23.7 Å². The highest BCUT2D eigenvalue weighted by Crippen LogP contribution is 2.43. The number of fused-ring (bicyclic) bond motifs is 1. The normalized spacial score (nSPS) is 49.1. The number of allylic oxidation sites excluding steroid dienone is 2. The lowest BCUT2D eigenvalue weighted by atomic mass is 9.72. The molecule has 4 heterocycles. The number of rotatable bonds is 17. The van der Waals surface area contributed by atoms with Gasteiger partial charge in [-0.3, -0.25) is 0 Å². The molecule has 0 aromatic rings. The van der Waals surface area contributed by atoms with E-state index < -0.39 is 190 Å². The molecule has 0 radical (unpaired) electrons. The van der Waals surface area contributed by atoms with Gasteiger partial charge in [-0.25, -0.2) is 9.59 Å². The number of methoxy groups -OCH3 is 2. The first-order valence-electron chi connectivity index (χ1n) is 27.9. The van der Waals surface area contributed by atoms with Crippen LogP contribution in [0.25, 0.3) is 0 Å². The molecule has 26 unspecified atom stereocenters. The molecule has 26 heteroatoms. The van der Waals surface area contributed by atoms with Crippen LogP contribution >= 0.6 is 0 Å². The van der Waals surface area contributed by atoms with E-state index in [-0.39, 0.29) is 30.6 Å². The summed E-state index contributed by atoms with van der Waals surface area (Å²) in [6.45, 7) is 0.487. The van der Waals surface area contributed by atoms with Crippen LogP contribution in [-0.4, -0.2) is 270 Å². The Morgan fingerprint density at radius 2 is 1.11 bits per heavy atom. The van der Waals surface area contributed by atoms with Crippen LogP contribution in [0, 0.1) is 23.7 Å². The van der Waals surface area contributed by atoms with Crippen molar-refractivity contribution < 1.29 is 128 Å². The SMILES string of the molecule is COC1CC(C2[OH+]C3CC(O)CC(O)C3CC2OC2OC(COC3OC(C)C(OC(=O)C=CC4CCC(OC5OC(COC(=O)C=CC6CCC(O)C(O)C6)C(O)C(O)C5O)CC4)C(O)C3O)C(O)C(O)C2O)CC(OC)C1O. The molecule has 8 fully saturated rings. The predicted molar refractivity (Wildman–Crippen MR) is 265 cm³/mol. The van der Waals surface area contributed by atoms with Crippen molar-refractivity contribution in [3.05, 3.63) is 24.3 Å². The molecule has 4 saturated carbocycles. The number of esters is 2. The van der Waals surface area contributed by atoms with E-state index in [1.165, 1.54) is 33.3 Å². The summed E-state index contributed by atoms with van der Waals surface area (Å²) in [7, 11) is 2.96. The molecule has 452 valence electrons. The molecule has 8 rings (SSSR count). The largest absolute Gasteiger partial charge is 0.460 e. The number of aliphatic hydroxyl groups is 15. The highest BCUT2D eigenvalue weighted by atomic mass is 16.7. The molecule has 0 spiro atoms. The molecular weight excluding hydrogens is 1050 g/mol. The zero-order valence-corrected chi connectivity index (χ0v) is 44.7. The highest BCUT2D eigenvalue weighted by molar-refractivity contribution is 5.82. The summed E-state index contributed by atoms with van der Waals surface area (Å²) in [6.07, 6.45) is -20.6. The number of carbonyl (C=O) groups is 2. The lowest BCUT2D eigenvalue weighted by Crippen LogP contribution is -2.64. The van der Waals surface area contributed by atoms with Crippen LogP contribution in [0.4, 0.5) is 0 Å². The first kappa shape index (κ1) is 62.6. The van der Waals surface area contributed by atoms with Gasteiger partial charge >= 0.3 is 11.9 Å². The van der Waals surface area contributed by atoms with Gasteiger partial charge in [-0.1, -0.05) is 12.2 Å². The molecule has 0 amide bonds. The van der Waals surface area contributed by atoms with Crippen molar-refractivity contribution in [2.75, 3.05) is 27.4 Å². The van der Waals surface area contributed by atoms with E-state index in [1.807, 2.05) is 0 Å². The Bertz CT molecular complexity index is 1980. The van der Waals surface area contributed by atoms with Gasteiger partial charge in [-0.15, -0.1) is 0 Å². The zero-order valence-electron chi connectivity index (χ0n) is 44.7. The molecule has 0 aromatic carbocycles. The first-order chi connectivity index (χ1) is 37.6. The summed E-state index contributed by atoms with van der Waals surface area (Å²) in [6, 6.07) is 0. The fraction of sp³-hybridized carbons (Fsp3) is 0.887. The number of hydrogen-bond donors (Lipinski definition) is 13. The van der Waals surface area contributed by atoms with Crippen molar-refractivity contribution in [1.29, 1.82) is 0 Å². The quantitative estimate of drug-likeness (QED) is 0.0373. The molecule has 4 aliphatic carbocycles. The van der Waals surface area contributed by atoms with E-state index in [1.54, 1.807) is 12.2 Å². The van der Waals surface area contributed by atoms with E-state index in [0.717, 1.165) is 0 Å². The molecular formula is C53H85O26+. The van der Waals surface area contributed by atoms with E-state index in [9.17, 15) is 76.0 Å². The predicted octanol–water partition coefficient (Wildman–Crippen LogP) is -4.26. The van der Waals surface area contributed by atoms with Gasteiger partial charge in [-0.2, -0.15) is 0 Å². The molecule has 26 nitrogen and oxygen atoms in total. The smallest absolute Gasteiger partial charge is 0.330 e. The number of aliphatic hydroxyl groups excluding tert-OH is 13. The van der Waals surface area contributed by atoms with Crippen LogP contribution in [0.1, 0.15) is 84.0 Å². The first-order valence-corrected chi connectivity index (χ1v) is 27.9. The average molecular weight is 1140 g/mol. The van der Waals surface area contributed by atoms with Crippen LogP contribution in [0.2, 0.25) is 0 Å². The fourth-order valence-corrected chi connectivity index (χ4v) is 12.8. The highest BCUT2D eigenvalue weighted by Gasteiger charge is 2.57. The van der Waals surface area contributed by atoms with Crippen molar-refractivity contribution in [2.45, 2.75) is 243 Å². The molecule has 0 aromatic heterocycles. The fourth-order valence-electron chi connectivity index (χ4n) is 12.8. The third-order valence-electron chi connectivity index (χ3n) is 17.6. The number of carbonyl (C=O) groups excluding carboxylic acids is 2. The zero-order chi connectivity index (χ0) is 57.0. The van der Waals surface area contributed by atoms with Gasteiger partial charge in [0.2, 0.25) is 0 Å². The molecule has 8 aliphatic rings. The van der Waals surface area contributed by atoms with Gasteiger partial charge in [0.15, 0.2) is 37.2 Å². The van der Waals surface area contributed by atoms with Crippen LogP contribution in [0.15, 0.2) is 24.3 Å². The van der Waals surface area contributed by atoms with Crippen LogP contribution < -0.4 is 0 Å². The van der Waals surface area contributed by atoms with Crippen molar-refractivity contribution in [3.8, 4) is 0 Å². The standard InChI is InChI=1S/C53H84O26/c1-22-49(79-39(59)13-7-23-4-9-27(10-5-23)74-52-46(66)43(63)41(61)36(77-52)20-71-38(58)12-8-24-6-11-29(55)31(57)14-24)45(65)48(68)51(73-22)72-21-37-42(62)44(64)47(67)53(78-37)76-35-19-28-30(56)17-26(54)18-32(28)75-50(35)25-15-33(69-2)40(60)34(16-25)70-3/h7-8,12-13,22-37,40-57,60-68H,4-6,9-11,14-21H2,1-3H3/p+1. The molecule has 4 saturated heterocycles. The minimum Gasteiger partial charge on any atom is -0.460 e. The number of hydrogen-bond acceptors (Lipinski definition) is 25. The van der Waals surface area contributed by atoms with Crippen LogP contribution in [-0.2, 0) is 57.0 Å². The molecule has 79 heavy (non-hydrogen) atoms. The summed E-state index contributed by atoms with van der Waals surface area (Å²) in [5, 5.41) is 139. The Kier molecular flexibility index (Phi) is 22.1. The molecule has 26 atom stereocenters. The van der Waals surface area contributed by atoms with Gasteiger partial charge in [-0.05, 0) is 83.0 Å². The summed E-state index contributed by atoms with van der Waals surface area (Å²) in [5.74, 6) is -2.51. The maximum atomic E-state index is 13.1. The summed E-state index contributed by atoms with van der Waals surface area (Å²) < 4.78 is 63.0. The Labute approximate surface area is 457 Å². The van der Waals surface area contributed by atoms with Gasteiger partial charge in [0, 0.05) is 45.1 Å². The monoisotopic (exact) mass is 1140 g/mol. The van der Waals surface area contributed by atoms with Gasteiger partial charge in [0.1, 0.15) is 79.9 Å². The van der Waals surface area contributed by atoms with E-state index in [0.29, 0.717) is 64.2 Å². The summed E-state index contributed by atoms with van der Waals surface area (Å²) >= 11 is 0.